The van der Waals surface area contributed by atoms with Crippen LogP contribution < -0.4 is 14.8 Å². The number of nitrogens with zero attached hydrogens (tertiary/aromatic N) is 1. The molecule has 2 heterocycles. The van der Waals surface area contributed by atoms with Gasteiger partial charge < -0.3 is 14.8 Å². The summed E-state index contributed by atoms with van der Waals surface area (Å²) in [7, 11) is 0. The Labute approximate surface area is 172 Å². The van der Waals surface area contributed by atoms with Gasteiger partial charge in [0.15, 0.2) is 11.5 Å². The minimum Gasteiger partial charge on any atom is -0.490 e. The quantitative estimate of drug-likeness (QED) is 0.851. The van der Waals surface area contributed by atoms with Crippen LogP contribution in [0.1, 0.15) is 48.4 Å². The summed E-state index contributed by atoms with van der Waals surface area (Å²) < 4.78 is 11.6. The van der Waals surface area contributed by atoms with Crippen molar-refractivity contribution in [1.82, 2.24) is 4.90 Å². The van der Waals surface area contributed by atoms with E-state index in [9.17, 15) is 4.79 Å². The largest absolute Gasteiger partial charge is 0.490 e. The average molecular weight is 392 g/mol. The highest BCUT2D eigenvalue weighted by Crippen LogP contribution is 2.37. The number of rotatable bonds is 4. The fourth-order valence-corrected chi connectivity index (χ4v) is 4.81. The summed E-state index contributed by atoms with van der Waals surface area (Å²) in [6, 6.07) is 12.8. The monoisotopic (exact) mass is 392 g/mol. The van der Waals surface area contributed by atoms with Gasteiger partial charge in [0.2, 0.25) is 5.91 Å². The number of hydrogen-bond acceptors (Lipinski definition) is 4. The van der Waals surface area contributed by atoms with Crippen molar-refractivity contribution < 1.29 is 14.3 Å². The summed E-state index contributed by atoms with van der Waals surface area (Å²) in [6.07, 6.45) is 6.57. The van der Waals surface area contributed by atoms with Gasteiger partial charge in [-0.25, -0.2) is 0 Å². The minimum atomic E-state index is 0.0594. The molecular formula is C24H28N2O3. The van der Waals surface area contributed by atoms with E-state index in [4.69, 9.17) is 9.47 Å². The third-order valence-corrected chi connectivity index (χ3v) is 6.25. The Kier molecular flexibility index (Phi) is 5.15. The second-order valence-corrected chi connectivity index (χ2v) is 8.27. The topological polar surface area (TPSA) is 50.8 Å². The Morgan fingerprint density at radius 3 is 2.76 bits per heavy atom. The van der Waals surface area contributed by atoms with Crippen LogP contribution in [0.5, 0.6) is 11.5 Å². The lowest BCUT2D eigenvalue weighted by Gasteiger charge is -2.25. The van der Waals surface area contributed by atoms with Crippen LogP contribution in [0.25, 0.3) is 0 Å². The van der Waals surface area contributed by atoms with Crippen LogP contribution in [0.15, 0.2) is 36.4 Å². The SMILES string of the molecule is O=C(CN1CCC[C@H]1c1ccc2c(c1)OCCCO2)Nc1ccc2c(c1)CCC2. The summed E-state index contributed by atoms with van der Waals surface area (Å²) in [6.45, 7) is 2.74. The van der Waals surface area contributed by atoms with Crippen molar-refractivity contribution >= 4 is 11.6 Å². The molecule has 5 rings (SSSR count). The van der Waals surface area contributed by atoms with Crippen LogP contribution in [0.4, 0.5) is 5.69 Å². The predicted octanol–water partition coefficient (Wildman–Crippen LogP) is 4.11. The van der Waals surface area contributed by atoms with Crippen molar-refractivity contribution in [1.29, 1.82) is 0 Å². The van der Waals surface area contributed by atoms with Gasteiger partial charge in [-0.05, 0) is 79.6 Å². The number of benzene rings is 2. The molecule has 0 saturated carbocycles. The molecule has 0 bridgehead atoms. The lowest BCUT2D eigenvalue weighted by atomic mass is 10.0. The second kappa shape index (κ2) is 8.07. The Balaban J connectivity index is 1.26. The Morgan fingerprint density at radius 2 is 1.83 bits per heavy atom. The van der Waals surface area contributed by atoms with Crippen LogP contribution in [0.2, 0.25) is 0 Å². The summed E-state index contributed by atoms with van der Waals surface area (Å²) in [5.74, 6) is 1.71. The standard InChI is InChI=1S/C24H28N2O3/c27-24(25-20-9-7-17-4-1-5-18(17)14-20)16-26-11-2-6-21(26)19-8-10-22-23(15-19)29-13-3-12-28-22/h7-10,14-15,21H,1-6,11-13,16H2,(H,25,27)/t21-/m0/s1. The molecule has 1 saturated heterocycles. The van der Waals surface area contributed by atoms with E-state index >= 15 is 0 Å². The molecule has 29 heavy (non-hydrogen) atoms. The second-order valence-electron chi connectivity index (χ2n) is 8.27. The van der Waals surface area contributed by atoms with E-state index in [-0.39, 0.29) is 11.9 Å². The van der Waals surface area contributed by atoms with E-state index in [0.29, 0.717) is 19.8 Å². The van der Waals surface area contributed by atoms with E-state index < -0.39 is 0 Å². The first kappa shape index (κ1) is 18.5. The van der Waals surface area contributed by atoms with Crippen LogP contribution in [0.3, 0.4) is 0 Å². The van der Waals surface area contributed by atoms with Crippen molar-refractivity contribution in [3.8, 4) is 11.5 Å². The Morgan fingerprint density at radius 1 is 0.966 bits per heavy atom. The number of carbonyl (C=O) groups excluding carboxylic acids is 1. The summed E-state index contributed by atoms with van der Waals surface area (Å²) >= 11 is 0. The Bertz CT molecular complexity index is 911. The maximum absolute atomic E-state index is 12.7. The minimum absolute atomic E-state index is 0.0594. The molecule has 2 aromatic rings. The highest BCUT2D eigenvalue weighted by atomic mass is 16.5. The molecule has 0 spiro atoms. The zero-order chi connectivity index (χ0) is 19.6. The van der Waals surface area contributed by atoms with Gasteiger partial charge in [-0.3, -0.25) is 9.69 Å². The molecule has 5 heteroatoms. The molecule has 1 amide bonds. The Hall–Kier alpha value is -2.53. The van der Waals surface area contributed by atoms with Crippen molar-refractivity contribution in [2.75, 3.05) is 31.6 Å². The molecule has 152 valence electrons. The fourth-order valence-electron chi connectivity index (χ4n) is 4.81. The summed E-state index contributed by atoms with van der Waals surface area (Å²) in [5, 5.41) is 3.10. The molecule has 2 aromatic carbocycles. The maximum atomic E-state index is 12.7. The molecule has 0 aromatic heterocycles. The molecule has 1 atom stereocenters. The molecule has 1 N–H and O–H groups in total. The first-order valence-corrected chi connectivity index (χ1v) is 10.8. The molecule has 3 aliphatic rings. The molecular weight excluding hydrogens is 364 g/mol. The third-order valence-electron chi connectivity index (χ3n) is 6.25. The van der Waals surface area contributed by atoms with Crippen molar-refractivity contribution in [3.63, 3.8) is 0 Å². The fraction of sp³-hybridized carbons (Fsp3) is 0.458. The van der Waals surface area contributed by atoms with Gasteiger partial charge in [0.1, 0.15) is 0 Å². The van der Waals surface area contributed by atoms with Gasteiger partial charge in [-0.15, -0.1) is 0 Å². The lowest BCUT2D eigenvalue weighted by Crippen LogP contribution is -2.33. The average Bonchev–Trinajstić information content (AvgIpc) is 3.31. The van der Waals surface area contributed by atoms with Gasteiger partial charge >= 0.3 is 0 Å². The maximum Gasteiger partial charge on any atom is 0.238 e. The third kappa shape index (κ3) is 3.97. The van der Waals surface area contributed by atoms with Crippen molar-refractivity contribution in [2.45, 2.75) is 44.6 Å². The van der Waals surface area contributed by atoms with Crippen LogP contribution >= 0.6 is 0 Å². The van der Waals surface area contributed by atoms with Crippen LogP contribution in [-0.2, 0) is 17.6 Å². The first-order valence-electron chi connectivity index (χ1n) is 10.8. The van der Waals surface area contributed by atoms with Gasteiger partial charge in [0.05, 0.1) is 19.8 Å². The highest BCUT2D eigenvalue weighted by molar-refractivity contribution is 5.92. The zero-order valence-corrected chi connectivity index (χ0v) is 16.8. The highest BCUT2D eigenvalue weighted by Gasteiger charge is 2.28. The van der Waals surface area contributed by atoms with Gasteiger partial charge in [-0.1, -0.05) is 12.1 Å². The normalized spacial score (nSPS) is 20.9. The van der Waals surface area contributed by atoms with E-state index in [1.807, 2.05) is 12.1 Å². The number of carbonyl (C=O) groups is 1. The zero-order valence-electron chi connectivity index (χ0n) is 16.8. The molecule has 0 radical (unpaired) electrons. The first-order chi connectivity index (χ1) is 14.3. The van der Waals surface area contributed by atoms with Crippen LogP contribution in [-0.4, -0.2) is 37.1 Å². The molecule has 1 fully saturated rings. The number of hydrogen-bond donors (Lipinski definition) is 1. The van der Waals surface area contributed by atoms with Gasteiger partial charge in [0, 0.05) is 18.2 Å². The number of fused-ring (bicyclic) bond motifs is 2. The number of aryl methyl sites for hydroxylation is 2. The summed E-state index contributed by atoms with van der Waals surface area (Å²) in [5.41, 5.74) is 4.94. The van der Waals surface area contributed by atoms with Gasteiger partial charge in [0.25, 0.3) is 0 Å². The summed E-state index contributed by atoms with van der Waals surface area (Å²) in [4.78, 5) is 15.0. The number of likely N-dealkylation sites (tertiary alicyclic amines) is 1. The molecule has 2 aliphatic heterocycles. The van der Waals surface area contributed by atoms with E-state index in [1.165, 1.54) is 23.1 Å². The van der Waals surface area contributed by atoms with E-state index in [0.717, 1.165) is 55.8 Å². The van der Waals surface area contributed by atoms with Gasteiger partial charge in [-0.2, -0.15) is 0 Å². The van der Waals surface area contributed by atoms with E-state index in [1.54, 1.807) is 0 Å². The van der Waals surface area contributed by atoms with Crippen LogP contribution in [0, 0.1) is 0 Å². The molecule has 1 aliphatic carbocycles. The lowest BCUT2D eigenvalue weighted by molar-refractivity contribution is -0.117. The van der Waals surface area contributed by atoms with Crippen molar-refractivity contribution in [3.05, 3.63) is 53.1 Å². The number of amides is 1. The molecule has 5 nitrogen and oxygen atoms in total. The van der Waals surface area contributed by atoms with Crippen molar-refractivity contribution in [2.24, 2.45) is 0 Å². The molecule has 0 unspecified atom stereocenters. The smallest absolute Gasteiger partial charge is 0.238 e. The number of ether oxygens (including phenoxy) is 2. The predicted molar refractivity (Wildman–Crippen MR) is 113 cm³/mol. The number of nitrogens with one attached hydrogen (secondary N) is 1. The number of anilines is 1. The van der Waals surface area contributed by atoms with E-state index in [2.05, 4.69) is 34.5 Å².